The predicted molar refractivity (Wildman–Crippen MR) is 107 cm³/mol. The molecule has 2 aromatic rings. The molecule has 1 aromatic carbocycles. The molecule has 0 spiro atoms. The molecular weight excluding hydrogens is 354 g/mol. The summed E-state index contributed by atoms with van der Waals surface area (Å²) in [7, 11) is 0. The lowest BCUT2D eigenvalue weighted by Crippen LogP contribution is -2.49. The van der Waals surface area contributed by atoms with Gasteiger partial charge in [-0.3, -0.25) is 19.5 Å². The summed E-state index contributed by atoms with van der Waals surface area (Å²) in [6.07, 6.45) is 4.42. The van der Waals surface area contributed by atoms with E-state index in [0.717, 1.165) is 32.7 Å². The van der Waals surface area contributed by atoms with E-state index < -0.39 is 0 Å². The van der Waals surface area contributed by atoms with Crippen molar-refractivity contribution < 1.29 is 14.3 Å². The van der Waals surface area contributed by atoms with Gasteiger partial charge in [0, 0.05) is 56.5 Å². The largest absolute Gasteiger partial charge is 0.379 e. The lowest BCUT2D eigenvalue weighted by atomic mass is 10.0. The Hall–Kier alpha value is -2.57. The minimum absolute atomic E-state index is 0.0581. The van der Waals surface area contributed by atoms with E-state index in [1.165, 1.54) is 11.8 Å². The number of carbonyl (C=O) groups is 2. The molecule has 1 saturated heterocycles. The number of nitrogens with zero attached hydrogens (tertiary/aromatic N) is 2. The first-order valence-corrected chi connectivity index (χ1v) is 9.78. The summed E-state index contributed by atoms with van der Waals surface area (Å²) in [6, 6.07) is 14.0. The highest BCUT2D eigenvalue weighted by Crippen LogP contribution is 2.11. The molecule has 1 amide bonds. The van der Waals surface area contributed by atoms with Gasteiger partial charge in [0.2, 0.25) is 5.91 Å². The highest BCUT2D eigenvalue weighted by atomic mass is 16.5. The summed E-state index contributed by atoms with van der Waals surface area (Å²) in [5.41, 5.74) is 1.80. The van der Waals surface area contributed by atoms with Crippen LogP contribution < -0.4 is 5.32 Å². The van der Waals surface area contributed by atoms with Crippen LogP contribution in [-0.4, -0.2) is 60.5 Å². The van der Waals surface area contributed by atoms with Crippen LogP contribution in [0.25, 0.3) is 0 Å². The maximum absolute atomic E-state index is 12.3. The molecule has 0 aliphatic carbocycles. The van der Waals surface area contributed by atoms with E-state index in [4.69, 9.17) is 4.74 Å². The Labute approximate surface area is 165 Å². The SMILES string of the molecule is O=C(CCC(=O)c1cccnc1)NCC(Cc1ccccc1)N1CCOCC1. The van der Waals surface area contributed by atoms with Crippen LogP contribution in [0, 0.1) is 0 Å². The molecule has 3 rings (SSSR count). The van der Waals surface area contributed by atoms with Crippen LogP contribution in [0.1, 0.15) is 28.8 Å². The summed E-state index contributed by atoms with van der Waals surface area (Å²) >= 11 is 0. The van der Waals surface area contributed by atoms with Crippen molar-refractivity contribution in [1.29, 1.82) is 0 Å². The summed E-state index contributed by atoms with van der Waals surface area (Å²) < 4.78 is 5.46. The monoisotopic (exact) mass is 381 g/mol. The van der Waals surface area contributed by atoms with Crippen molar-refractivity contribution in [2.45, 2.75) is 25.3 Å². The molecule has 28 heavy (non-hydrogen) atoms. The minimum Gasteiger partial charge on any atom is -0.379 e. The van der Waals surface area contributed by atoms with E-state index in [0.29, 0.717) is 12.1 Å². The van der Waals surface area contributed by atoms with Gasteiger partial charge in [0.05, 0.1) is 13.2 Å². The molecule has 1 N–H and O–H groups in total. The molecule has 6 heteroatoms. The number of pyridine rings is 1. The lowest BCUT2D eigenvalue weighted by molar-refractivity contribution is -0.121. The van der Waals surface area contributed by atoms with Crippen LogP contribution in [0.2, 0.25) is 0 Å². The van der Waals surface area contributed by atoms with Crippen molar-refractivity contribution in [2.75, 3.05) is 32.8 Å². The van der Waals surface area contributed by atoms with Crippen molar-refractivity contribution in [1.82, 2.24) is 15.2 Å². The number of rotatable bonds is 9. The number of aromatic nitrogens is 1. The number of amides is 1. The second kappa shape index (κ2) is 10.7. The highest BCUT2D eigenvalue weighted by Gasteiger charge is 2.22. The van der Waals surface area contributed by atoms with E-state index in [1.807, 2.05) is 18.2 Å². The normalized spacial score (nSPS) is 15.7. The molecular formula is C22H27N3O3. The van der Waals surface area contributed by atoms with Crippen molar-refractivity contribution in [3.63, 3.8) is 0 Å². The summed E-state index contributed by atoms with van der Waals surface area (Å²) in [5, 5.41) is 3.02. The number of nitrogens with one attached hydrogen (secondary N) is 1. The predicted octanol–water partition coefficient (Wildman–Crippen LogP) is 2.10. The molecule has 6 nitrogen and oxygen atoms in total. The molecule has 1 unspecified atom stereocenters. The van der Waals surface area contributed by atoms with E-state index in [-0.39, 0.29) is 30.6 Å². The molecule has 1 atom stereocenters. The third-order valence-corrected chi connectivity index (χ3v) is 4.97. The number of hydrogen-bond acceptors (Lipinski definition) is 5. The van der Waals surface area contributed by atoms with E-state index in [2.05, 4.69) is 27.3 Å². The Morgan fingerprint density at radius 1 is 1.07 bits per heavy atom. The molecule has 0 saturated carbocycles. The first kappa shape index (κ1) is 20.2. The fourth-order valence-corrected chi connectivity index (χ4v) is 3.38. The molecule has 1 aromatic heterocycles. The first-order chi connectivity index (χ1) is 13.7. The van der Waals surface area contributed by atoms with Crippen molar-refractivity contribution >= 4 is 11.7 Å². The molecule has 1 aliphatic heterocycles. The van der Waals surface area contributed by atoms with Gasteiger partial charge in [-0.15, -0.1) is 0 Å². The van der Waals surface area contributed by atoms with Gasteiger partial charge in [-0.1, -0.05) is 30.3 Å². The summed E-state index contributed by atoms with van der Waals surface area (Å²) in [4.78, 5) is 30.7. The Morgan fingerprint density at radius 2 is 1.86 bits per heavy atom. The third kappa shape index (κ3) is 6.25. The molecule has 1 aliphatic rings. The highest BCUT2D eigenvalue weighted by molar-refractivity contribution is 5.97. The zero-order valence-electron chi connectivity index (χ0n) is 16.0. The zero-order valence-corrected chi connectivity index (χ0v) is 16.0. The van der Waals surface area contributed by atoms with Crippen LogP contribution in [-0.2, 0) is 16.0 Å². The summed E-state index contributed by atoms with van der Waals surface area (Å²) in [6.45, 7) is 3.74. The fraction of sp³-hybridized carbons (Fsp3) is 0.409. The molecule has 0 radical (unpaired) electrons. The van der Waals surface area contributed by atoms with Crippen LogP contribution in [0.5, 0.6) is 0 Å². The minimum atomic E-state index is -0.0939. The van der Waals surface area contributed by atoms with Crippen molar-refractivity contribution in [3.8, 4) is 0 Å². The number of morpholine rings is 1. The van der Waals surface area contributed by atoms with E-state index in [1.54, 1.807) is 18.3 Å². The van der Waals surface area contributed by atoms with Gasteiger partial charge < -0.3 is 10.1 Å². The molecule has 2 heterocycles. The number of Topliss-reactive ketones (excluding diaryl/α,β-unsaturated/α-hetero) is 1. The second-order valence-corrected chi connectivity index (χ2v) is 6.96. The van der Waals surface area contributed by atoms with Crippen LogP contribution >= 0.6 is 0 Å². The smallest absolute Gasteiger partial charge is 0.220 e. The van der Waals surface area contributed by atoms with Gasteiger partial charge in [-0.05, 0) is 24.1 Å². The molecule has 1 fully saturated rings. The summed E-state index contributed by atoms with van der Waals surface area (Å²) in [5.74, 6) is -0.152. The molecule has 0 bridgehead atoms. The molecule has 148 valence electrons. The van der Waals surface area contributed by atoms with E-state index in [9.17, 15) is 9.59 Å². The number of ketones is 1. The van der Waals surface area contributed by atoms with Crippen molar-refractivity contribution in [2.24, 2.45) is 0 Å². The lowest BCUT2D eigenvalue weighted by Gasteiger charge is -2.34. The Morgan fingerprint density at radius 3 is 2.57 bits per heavy atom. The fourth-order valence-electron chi connectivity index (χ4n) is 3.38. The maximum Gasteiger partial charge on any atom is 0.220 e. The van der Waals surface area contributed by atoms with E-state index >= 15 is 0 Å². The first-order valence-electron chi connectivity index (χ1n) is 9.78. The average molecular weight is 381 g/mol. The van der Waals surface area contributed by atoms with Crippen molar-refractivity contribution in [3.05, 3.63) is 66.0 Å². The quantitative estimate of drug-likeness (QED) is 0.674. The second-order valence-electron chi connectivity index (χ2n) is 6.96. The van der Waals surface area contributed by atoms with Gasteiger partial charge in [0.15, 0.2) is 5.78 Å². The number of ether oxygens (including phenoxy) is 1. The average Bonchev–Trinajstić information content (AvgIpc) is 2.77. The Kier molecular flexibility index (Phi) is 7.70. The van der Waals surface area contributed by atoms with Gasteiger partial charge in [-0.2, -0.15) is 0 Å². The van der Waals surface area contributed by atoms with Crippen LogP contribution in [0.3, 0.4) is 0 Å². The van der Waals surface area contributed by atoms with Gasteiger partial charge in [0.1, 0.15) is 0 Å². The van der Waals surface area contributed by atoms with Gasteiger partial charge in [0.25, 0.3) is 0 Å². The van der Waals surface area contributed by atoms with Gasteiger partial charge >= 0.3 is 0 Å². The van der Waals surface area contributed by atoms with Crippen LogP contribution in [0.4, 0.5) is 0 Å². The van der Waals surface area contributed by atoms with Gasteiger partial charge in [-0.25, -0.2) is 0 Å². The Bertz CT molecular complexity index is 746. The number of benzene rings is 1. The van der Waals surface area contributed by atoms with Crippen LogP contribution in [0.15, 0.2) is 54.9 Å². The standard InChI is InChI=1S/C22H27N3O3/c26-21(19-7-4-10-23-16-19)8-9-22(27)24-17-20(25-11-13-28-14-12-25)15-18-5-2-1-3-6-18/h1-7,10,16,20H,8-9,11-15,17H2,(H,24,27). The maximum atomic E-state index is 12.3. The number of carbonyl (C=O) groups excluding carboxylic acids is 2. The number of hydrogen-bond donors (Lipinski definition) is 1. The third-order valence-electron chi connectivity index (χ3n) is 4.97. The Balaban J connectivity index is 1.50. The zero-order chi connectivity index (χ0) is 19.6. The topological polar surface area (TPSA) is 71.5 Å².